The Morgan fingerprint density at radius 2 is 1.97 bits per heavy atom. The zero-order chi connectivity index (χ0) is 25.9. The van der Waals surface area contributed by atoms with Crippen LogP contribution in [0, 0.1) is 13.8 Å². The van der Waals surface area contributed by atoms with E-state index in [9.17, 15) is 9.59 Å². The summed E-state index contributed by atoms with van der Waals surface area (Å²) in [6.07, 6.45) is 1.53. The topological polar surface area (TPSA) is 115 Å². The molecule has 192 valence electrons. The van der Waals surface area contributed by atoms with Crippen LogP contribution in [-0.2, 0) is 0 Å². The SMILES string of the molecule is Cc1cc2nnc(C(=O)N3CCC(c4nc(C(=O)NCCOc5ccccc5Cl)cs4)CC3)c(C)n2n1. The number of ether oxygens (including phenoxy) is 1. The molecule has 1 aliphatic heterocycles. The zero-order valence-corrected chi connectivity index (χ0v) is 22.1. The van der Waals surface area contributed by atoms with Gasteiger partial charge in [-0.05, 0) is 38.8 Å². The lowest BCUT2D eigenvalue weighted by atomic mass is 9.97. The van der Waals surface area contributed by atoms with Gasteiger partial charge in [-0.3, -0.25) is 9.59 Å². The molecule has 12 heteroatoms. The Morgan fingerprint density at radius 1 is 1.19 bits per heavy atom. The molecule has 0 bridgehead atoms. The maximum Gasteiger partial charge on any atom is 0.276 e. The second-order valence-corrected chi connectivity index (χ2v) is 10.2. The second kappa shape index (κ2) is 10.8. The number of rotatable bonds is 7. The van der Waals surface area contributed by atoms with Gasteiger partial charge in [0.05, 0.1) is 28.0 Å². The number of amides is 2. The predicted molar refractivity (Wildman–Crippen MR) is 140 cm³/mol. The minimum absolute atomic E-state index is 0.142. The van der Waals surface area contributed by atoms with Gasteiger partial charge in [-0.1, -0.05) is 23.7 Å². The first-order valence-corrected chi connectivity index (χ1v) is 13.3. The van der Waals surface area contributed by atoms with Crippen LogP contribution in [0.1, 0.15) is 56.1 Å². The maximum absolute atomic E-state index is 13.1. The van der Waals surface area contributed by atoms with Crippen LogP contribution in [0.3, 0.4) is 0 Å². The first-order valence-electron chi connectivity index (χ1n) is 12.0. The van der Waals surface area contributed by atoms with E-state index < -0.39 is 0 Å². The molecule has 4 aromatic rings. The van der Waals surface area contributed by atoms with Crippen molar-refractivity contribution < 1.29 is 14.3 Å². The van der Waals surface area contributed by atoms with Gasteiger partial charge in [0.15, 0.2) is 11.3 Å². The van der Waals surface area contributed by atoms with Crippen LogP contribution in [0.2, 0.25) is 5.02 Å². The van der Waals surface area contributed by atoms with Gasteiger partial charge in [-0.15, -0.1) is 21.5 Å². The highest BCUT2D eigenvalue weighted by molar-refractivity contribution is 7.09. The number of piperidine rings is 1. The largest absolute Gasteiger partial charge is 0.490 e. The Labute approximate surface area is 222 Å². The first-order chi connectivity index (χ1) is 17.9. The lowest BCUT2D eigenvalue weighted by Gasteiger charge is -2.31. The molecule has 0 spiro atoms. The van der Waals surface area contributed by atoms with E-state index in [0.29, 0.717) is 59.7 Å². The van der Waals surface area contributed by atoms with Gasteiger partial charge in [0.25, 0.3) is 11.8 Å². The Hall–Kier alpha value is -3.57. The molecule has 1 fully saturated rings. The fourth-order valence-electron chi connectivity index (χ4n) is 4.31. The molecule has 2 amide bonds. The fourth-order valence-corrected chi connectivity index (χ4v) is 5.47. The van der Waals surface area contributed by atoms with Crippen LogP contribution in [0.25, 0.3) is 5.65 Å². The highest BCUT2D eigenvalue weighted by atomic mass is 35.5. The quantitative estimate of drug-likeness (QED) is 0.356. The van der Waals surface area contributed by atoms with E-state index in [-0.39, 0.29) is 17.7 Å². The molecule has 0 saturated carbocycles. The molecule has 0 atom stereocenters. The van der Waals surface area contributed by atoms with Crippen LogP contribution in [0.15, 0.2) is 35.7 Å². The van der Waals surface area contributed by atoms with E-state index in [2.05, 4.69) is 25.6 Å². The summed E-state index contributed by atoms with van der Waals surface area (Å²) in [7, 11) is 0. The molecule has 5 rings (SSSR count). The normalized spacial score (nSPS) is 14.2. The first kappa shape index (κ1) is 25.1. The standard InChI is InChI=1S/C25H26ClN7O3S/c1-15-13-21-29-30-22(16(2)33(21)31-15)25(35)32-10-7-17(8-11-32)24-28-19(14-37-24)23(34)27-9-12-36-20-6-4-3-5-18(20)26/h3-6,13-14,17H,7-12H2,1-2H3,(H,27,34). The van der Waals surface area contributed by atoms with Gasteiger partial charge in [-0.25, -0.2) is 9.50 Å². The number of thiazole rings is 1. The Balaban J connectivity index is 1.12. The predicted octanol–water partition coefficient (Wildman–Crippen LogP) is 3.68. The Kier molecular flexibility index (Phi) is 7.33. The number of nitrogens with zero attached hydrogens (tertiary/aromatic N) is 6. The van der Waals surface area contributed by atoms with Gasteiger partial charge < -0.3 is 15.0 Å². The number of para-hydroxylation sites is 1. The van der Waals surface area contributed by atoms with Crippen LogP contribution in [-0.4, -0.2) is 67.8 Å². The third kappa shape index (κ3) is 5.42. The van der Waals surface area contributed by atoms with Crippen molar-refractivity contribution >= 4 is 40.4 Å². The lowest BCUT2D eigenvalue weighted by Crippen LogP contribution is -2.39. The van der Waals surface area contributed by atoms with Gasteiger partial charge >= 0.3 is 0 Å². The van der Waals surface area contributed by atoms with E-state index in [1.165, 1.54) is 11.3 Å². The average Bonchev–Trinajstić information content (AvgIpc) is 3.55. The van der Waals surface area contributed by atoms with E-state index in [4.69, 9.17) is 16.3 Å². The van der Waals surface area contributed by atoms with Crippen molar-refractivity contribution in [2.75, 3.05) is 26.2 Å². The van der Waals surface area contributed by atoms with Crippen molar-refractivity contribution in [2.45, 2.75) is 32.6 Å². The summed E-state index contributed by atoms with van der Waals surface area (Å²) in [5.41, 5.74) is 2.84. The highest BCUT2D eigenvalue weighted by Gasteiger charge is 2.29. The zero-order valence-electron chi connectivity index (χ0n) is 20.5. The number of aromatic nitrogens is 5. The van der Waals surface area contributed by atoms with Crippen molar-refractivity contribution in [1.29, 1.82) is 0 Å². The molecule has 10 nitrogen and oxygen atoms in total. The van der Waals surface area contributed by atoms with Crippen molar-refractivity contribution in [3.63, 3.8) is 0 Å². The monoisotopic (exact) mass is 539 g/mol. The van der Waals surface area contributed by atoms with Crippen LogP contribution in [0.5, 0.6) is 5.75 Å². The summed E-state index contributed by atoms with van der Waals surface area (Å²) in [4.78, 5) is 32.0. The molecule has 1 aliphatic rings. The minimum Gasteiger partial charge on any atom is -0.490 e. The minimum atomic E-state index is -0.240. The van der Waals surface area contributed by atoms with Gasteiger partial charge in [-0.2, -0.15) is 5.10 Å². The molecule has 4 heterocycles. The maximum atomic E-state index is 13.1. The lowest BCUT2D eigenvalue weighted by molar-refractivity contribution is 0.0704. The number of likely N-dealkylation sites (tertiary alicyclic amines) is 1. The fraction of sp³-hybridized carbons (Fsp3) is 0.360. The van der Waals surface area contributed by atoms with Gasteiger partial charge in [0.1, 0.15) is 18.1 Å². The van der Waals surface area contributed by atoms with E-state index in [1.54, 1.807) is 26.9 Å². The van der Waals surface area contributed by atoms with E-state index >= 15 is 0 Å². The number of hydrogen-bond acceptors (Lipinski definition) is 8. The van der Waals surface area contributed by atoms with Crippen molar-refractivity contribution in [3.8, 4) is 5.75 Å². The average molecular weight is 540 g/mol. The molecule has 1 aromatic carbocycles. The summed E-state index contributed by atoms with van der Waals surface area (Å²) in [5, 5.41) is 18.8. The number of aryl methyl sites for hydroxylation is 2. The molecule has 0 radical (unpaired) electrons. The molecule has 1 saturated heterocycles. The van der Waals surface area contributed by atoms with Crippen molar-refractivity contribution in [3.05, 3.63) is 68.5 Å². The van der Waals surface area contributed by atoms with Gasteiger partial charge in [0, 0.05) is 30.5 Å². The van der Waals surface area contributed by atoms with Crippen LogP contribution in [0.4, 0.5) is 0 Å². The summed E-state index contributed by atoms with van der Waals surface area (Å²) >= 11 is 7.55. The number of benzene rings is 1. The summed E-state index contributed by atoms with van der Waals surface area (Å²) < 4.78 is 7.26. The van der Waals surface area contributed by atoms with Crippen LogP contribution >= 0.6 is 22.9 Å². The van der Waals surface area contributed by atoms with Crippen LogP contribution < -0.4 is 10.1 Å². The number of halogens is 1. The molecular weight excluding hydrogens is 514 g/mol. The number of carbonyl (C=O) groups is 2. The van der Waals surface area contributed by atoms with Gasteiger partial charge in [0.2, 0.25) is 0 Å². The number of hydrogen-bond donors (Lipinski definition) is 1. The highest BCUT2D eigenvalue weighted by Crippen LogP contribution is 2.31. The molecule has 0 aliphatic carbocycles. The second-order valence-electron chi connectivity index (χ2n) is 8.86. The molecule has 37 heavy (non-hydrogen) atoms. The Bertz CT molecular complexity index is 1450. The molecule has 0 unspecified atom stereocenters. The smallest absolute Gasteiger partial charge is 0.276 e. The molecule has 3 aromatic heterocycles. The third-order valence-electron chi connectivity index (χ3n) is 6.30. The summed E-state index contributed by atoms with van der Waals surface area (Å²) in [6, 6.07) is 9.03. The summed E-state index contributed by atoms with van der Waals surface area (Å²) in [5.74, 6) is 0.397. The summed E-state index contributed by atoms with van der Waals surface area (Å²) in [6.45, 7) is 5.52. The molecular formula is C25H26ClN7O3S. The third-order valence-corrected chi connectivity index (χ3v) is 7.62. The van der Waals surface area contributed by atoms with E-state index in [1.807, 2.05) is 32.0 Å². The van der Waals surface area contributed by atoms with E-state index in [0.717, 1.165) is 23.5 Å². The van der Waals surface area contributed by atoms with Crippen molar-refractivity contribution in [1.82, 2.24) is 35.0 Å². The Morgan fingerprint density at radius 3 is 2.76 bits per heavy atom. The van der Waals surface area contributed by atoms with Crippen molar-refractivity contribution in [2.24, 2.45) is 0 Å². The molecule has 1 N–H and O–H groups in total. The number of fused-ring (bicyclic) bond motifs is 1. The number of nitrogens with one attached hydrogen (secondary N) is 1. The number of carbonyl (C=O) groups excluding carboxylic acids is 2.